The summed E-state index contributed by atoms with van der Waals surface area (Å²) in [5.41, 5.74) is 3.68. The number of anilines is 4. The van der Waals surface area contributed by atoms with Crippen molar-refractivity contribution in [1.82, 2.24) is 24.4 Å². The number of hydrogen-bond donors (Lipinski definition) is 2. The molecule has 11 nitrogen and oxygen atoms in total. The van der Waals surface area contributed by atoms with Crippen molar-refractivity contribution in [2.45, 2.75) is 63.6 Å². The highest BCUT2D eigenvalue weighted by Crippen LogP contribution is 2.31. The Labute approximate surface area is 235 Å². The Morgan fingerprint density at radius 2 is 1.77 bits per heavy atom. The lowest BCUT2D eigenvalue weighted by Gasteiger charge is -2.35. The lowest BCUT2D eigenvalue weighted by atomic mass is 9.95. The molecule has 1 aromatic carbocycles. The number of fused-ring (bicyclic) bond motifs is 1. The van der Waals surface area contributed by atoms with Crippen molar-refractivity contribution in [2.75, 3.05) is 62.0 Å². The first-order valence-corrected chi connectivity index (χ1v) is 14.7. The van der Waals surface area contributed by atoms with Gasteiger partial charge in [-0.1, -0.05) is 19.3 Å². The first-order chi connectivity index (χ1) is 19.7. The molecule has 3 aliphatic rings. The van der Waals surface area contributed by atoms with E-state index in [0.717, 1.165) is 93.2 Å². The van der Waals surface area contributed by atoms with Crippen LogP contribution in [0.1, 0.15) is 57.6 Å². The number of nitrogens with zero attached hydrogens (tertiary/aromatic N) is 6. The highest BCUT2D eigenvalue weighted by molar-refractivity contribution is 5.85. The van der Waals surface area contributed by atoms with Crippen molar-refractivity contribution in [3.63, 3.8) is 0 Å². The summed E-state index contributed by atoms with van der Waals surface area (Å²) in [6.07, 6.45) is 11.1. The third-order valence-corrected chi connectivity index (χ3v) is 8.27. The van der Waals surface area contributed by atoms with Gasteiger partial charge in [-0.3, -0.25) is 14.3 Å². The zero-order chi connectivity index (χ0) is 27.3. The van der Waals surface area contributed by atoms with Crippen molar-refractivity contribution in [1.29, 1.82) is 0 Å². The summed E-state index contributed by atoms with van der Waals surface area (Å²) in [5, 5.41) is 7.13. The Kier molecular flexibility index (Phi) is 8.29. The maximum Gasteiger partial charge on any atom is 0.319 e. The van der Waals surface area contributed by atoms with Gasteiger partial charge in [0.25, 0.3) is 0 Å². The van der Waals surface area contributed by atoms with E-state index < -0.39 is 0 Å². The van der Waals surface area contributed by atoms with Crippen LogP contribution >= 0.6 is 0 Å². The molecule has 11 heteroatoms. The van der Waals surface area contributed by atoms with E-state index in [-0.39, 0.29) is 12.2 Å². The fraction of sp³-hybridized carbons (Fsp3) is 0.586. The summed E-state index contributed by atoms with van der Waals surface area (Å²) in [5.74, 6) is 1.15. The number of piperazine rings is 1. The Hall–Kier alpha value is -3.44. The number of hydrogen-bond acceptors (Lipinski definition) is 10. The number of benzene rings is 1. The highest BCUT2D eigenvalue weighted by Gasteiger charge is 2.24. The molecule has 2 N–H and O–H groups in total. The minimum Gasteiger partial charge on any atom is -0.468 e. The van der Waals surface area contributed by atoms with Gasteiger partial charge in [-0.2, -0.15) is 9.97 Å². The van der Waals surface area contributed by atoms with Gasteiger partial charge < -0.3 is 25.0 Å². The van der Waals surface area contributed by atoms with Crippen LogP contribution in [-0.2, 0) is 14.3 Å². The lowest BCUT2D eigenvalue weighted by Crippen LogP contribution is -2.48. The van der Waals surface area contributed by atoms with Gasteiger partial charge in [0.2, 0.25) is 5.95 Å². The summed E-state index contributed by atoms with van der Waals surface area (Å²) in [7, 11) is 1.44. The number of rotatable bonds is 8. The second kappa shape index (κ2) is 12.4. The number of esters is 1. The summed E-state index contributed by atoms with van der Waals surface area (Å²) >= 11 is 0. The van der Waals surface area contributed by atoms with E-state index in [9.17, 15) is 4.79 Å². The maximum absolute atomic E-state index is 11.6. The van der Waals surface area contributed by atoms with E-state index in [1.54, 1.807) is 0 Å². The predicted molar refractivity (Wildman–Crippen MR) is 155 cm³/mol. The molecule has 1 saturated carbocycles. The van der Waals surface area contributed by atoms with Crippen molar-refractivity contribution >= 4 is 40.3 Å². The van der Waals surface area contributed by atoms with Gasteiger partial charge in [0.15, 0.2) is 17.0 Å². The Balaban J connectivity index is 1.19. The molecule has 2 saturated heterocycles. The fourth-order valence-corrected chi connectivity index (χ4v) is 5.96. The zero-order valence-corrected chi connectivity index (χ0v) is 23.3. The molecule has 0 spiro atoms. The van der Waals surface area contributed by atoms with Crippen LogP contribution in [0, 0.1) is 0 Å². The topological polar surface area (TPSA) is 110 Å². The number of carbonyl (C=O) groups is 1. The van der Waals surface area contributed by atoms with Gasteiger partial charge in [0, 0.05) is 50.2 Å². The van der Waals surface area contributed by atoms with Crippen LogP contribution in [0.4, 0.5) is 23.1 Å². The van der Waals surface area contributed by atoms with Crippen molar-refractivity contribution in [2.24, 2.45) is 0 Å². The van der Waals surface area contributed by atoms with Gasteiger partial charge in [-0.15, -0.1) is 0 Å². The number of imidazole rings is 1. The highest BCUT2D eigenvalue weighted by atomic mass is 16.5. The number of aromatic nitrogens is 4. The average molecular weight is 549 g/mol. The van der Waals surface area contributed by atoms with E-state index in [1.165, 1.54) is 26.4 Å². The lowest BCUT2D eigenvalue weighted by molar-refractivity contribution is -0.142. The molecule has 1 atom stereocenters. The Morgan fingerprint density at radius 1 is 1.00 bits per heavy atom. The molecule has 0 amide bonds. The molecule has 1 aliphatic carbocycles. The first kappa shape index (κ1) is 26.8. The summed E-state index contributed by atoms with van der Waals surface area (Å²) in [4.78, 5) is 30.6. The van der Waals surface area contributed by atoms with E-state index in [0.29, 0.717) is 18.5 Å². The number of methoxy groups -OCH3 is 1. The van der Waals surface area contributed by atoms with Crippen molar-refractivity contribution < 1.29 is 14.3 Å². The molecule has 1 unspecified atom stereocenters. The van der Waals surface area contributed by atoms with Crippen LogP contribution in [0.25, 0.3) is 11.2 Å². The standard InChI is InChI=1S/C29H40N8O3/c1-39-25(38)19-35-14-16-36(17-15-35)23-12-10-22(11-13-23)32-29-33-27(31-21-7-3-2-4-8-21)26-28(34-29)37(20-30-26)24-9-5-6-18-40-24/h10-13,20-21,24H,2-9,14-19H2,1H3,(H2,31,32,33,34). The molecule has 2 aromatic heterocycles. The molecule has 40 heavy (non-hydrogen) atoms. The molecule has 0 radical (unpaired) electrons. The van der Waals surface area contributed by atoms with Gasteiger partial charge in [-0.05, 0) is 56.4 Å². The largest absolute Gasteiger partial charge is 0.468 e. The molecule has 4 heterocycles. The van der Waals surface area contributed by atoms with Crippen LogP contribution in [0.5, 0.6) is 0 Å². The SMILES string of the molecule is COC(=O)CN1CCN(c2ccc(Nc3nc(NC4CCCCC4)c4ncn(C5CCCCO5)c4n3)cc2)CC1. The van der Waals surface area contributed by atoms with Gasteiger partial charge >= 0.3 is 5.97 Å². The monoisotopic (exact) mass is 548 g/mol. The molecule has 3 aromatic rings. The van der Waals surface area contributed by atoms with Crippen LogP contribution < -0.4 is 15.5 Å². The zero-order valence-electron chi connectivity index (χ0n) is 23.3. The first-order valence-electron chi connectivity index (χ1n) is 14.7. The second-order valence-corrected chi connectivity index (χ2v) is 11.0. The third-order valence-electron chi connectivity index (χ3n) is 8.27. The average Bonchev–Trinajstić information content (AvgIpc) is 3.43. The summed E-state index contributed by atoms with van der Waals surface area (Å²) < 4.78 is 12.9. The Bertz CT molecular complexity index is 1280. The maximum atomic E-state index is 11.6. The minimum atomic E-state index is -0.185. The normalized spacial score (nSPS) is 20.9. The van der Waals surface area contributed by atoms with Gasteiger partial charge in [0.1, 0.15) is 6.23 Å². The molecule has 0 bridgehead atoms. The number of carbonyl (C=O) groups excluding carboxylic acids is 1. The summed E-state index contributed by atoms with van der Waals surface area (Å²) in [6.45, 7) is 4.51. The molecular formula is C29H40N8O3. The molecule has 2 aliphatic heterocycles. The minimum absolute atomic E-state index is 0.0450. The van der Waals surface area contributed by atoms with E-state index in [2.05, 4.69) is 49.3 Å². The van der Waals surface area contributed by atoms with Crippen LogP contribution in [0.2, 0.25) is 0 Å². The fourth-order valence-electron chi connectivity index (χ4n) is 5.96. The van der Waals surface area contributed by atoms with Crippen LogP contribution in [0.15, 0.2) is 30.6 Å². The quantitative estimate of drug-likeness (QED) is 0.395. The summed E-state index contributed by atoms with van der Waals surface area (Å²) in [6, 6.07) is 8.79. The molecule has 3 fully saturated rings. The Morgan fingerprint density at radius 3 is 2.50 bits per heavy atom. The number of nitrogens with one attached hydrogen (secondary N) is 2. The van der Waals surface area contributed by atoms with Crippen molar-refractivity contribution in [3.05, 3.63) is 30.6 Å². The van der Waals surface area contributed by atoms with E-state index in [4.69, 9.17) is 24.4 Å². The van der Waals surface area contributed by atoms with Crippen LogP contribution in [-0.4, -0.2) is 82.9 Å². The van der Waals surface area contributed by atoms with Crippen molar-refractivity contribution in [3.8, 4) is 0 Å². The molecule has 6 rings (SSSR count). The molecular weight excluding hydrogens is 508 g/mol. The van der Waals surface area contributed by atoms with E-state index in [1.807, 2.05) is 6.33 Å². The molecule has 214 valence electrons. The smallest absolute Gasteiger partial charge is 0.319 e. The van der Waals surface area contributed by atoms with E-state index >= 15 is 0 Å². The second-order valence-electron chi connectivity index (χ2n) is 11.0. The predicted octanol–water partition coefficient (Wildman–Crippen LogP) is 4.31. The van der Waals surface area contributed by atoms with Gasteiger partial charge in [0.05, 0.1) is 20.0 Å². The van der Waals surface area contributed by atoms with Gasteiger partial charge in [-0.25, -0.2) is 4.98 Å². The third kappa shape index (κ3) is 6.15. The van der Waals surface area contributed by atoms with Crippen LogP contribution in [0.3, 0.4) is 0 Å². The number of ether oxygens (including phenoxy) is 2.